The van der Waals surface area contributed by atoms with Crippen molar-refractivity contribution in [3.63, 3.8) is 0 Å². The number of hydrogen-bond acceptors (Lipinski definition) is 1. The monoisotopic (exact) mass is 294 g/mol. The number of nitrogens with zero attached hydrogens (tertiary/aromatic N) is 1. The first-order valence-electron chi connectivity index (χ1n) is 7.38. The van der Waals surface area contributed by atoms with E-state index in [0.717, 1.165) is 13.1 Å². The van der Waals surface area contributed by atoms with Crippen LogP contribution in [0.15, 0.2) is 60.8 Å². The van der Waals surface area contributed by atoms with Crippen molar-refractivity contribution in [2.45, 2.75) is 6.54 Å². The molecule has 0 aliphatic rings. The van der Waals surface area contributed by atoms with E-state index in [-0.39, 0.29) is 5.82 Å². The van der Waals surface area contributed by atoms with Crippen molar-refractivity contribution in [3.8, 4) is 0 Å². The number of halogens is 1. The Morgan fingerprint density at radius 2 is 1.95 bits per heavy atom. The Bertz CT molecular complexity index is 789. The van der Waals surface area contributed by atoms with Crippen LogP contribution in [0.3, 0.4) is 0 Å². The average Bonchev–Trinajstić information content (AvgIpc) is 2.99. The lowest BCUT2D eigenvalue weighted by molar-refractivity contribution is 0.365. The lowest BCUT2D eigenvalue weighted by Gasteiger charge is -2.15. The van der Waals surface area contributed by atoms with Gasteiger partial charge in [0.2, 0.25) is 0 Å². The van der Waals surface area contributed by atoms with Gasteiger partial charge < -0.3 is 4.98 Å². The van der Waals surface area contributed by atoms with Crippen molar-refractivity contribution in [2.24, 2.45) is 0 Å². The zero-order valence-corrected chi connectivity index (χ0v) is 12.6. The number of likely N-dealkylation sites (N-methyl/N-ethyl adjacent to an activating group) is 1. The quantitative estimate of drug-likeness (QED) is 0.736. The lowest BCUT2D eigenvalue weighted by Crippen LogP contribution is -2.17. The number of para-hydroxylation sites is 1. The van der Waals surface area contributed by atoms with Gasteiger partial charge in [0.05, 0.1) is 0 Å². The van der Waals surface area contributed by atoms with Crippen molar-refractivity contribution in [1.82, 2.24) is 9.88 Å². The summed E-state index contributed by atoms with van der Waals surface area (Å²) < 4.78 is 13.5. The van der Waals surface area contributed by atoms with Crippen LogP contribution in [0.4, 0.5) is 4.39 Å². The van der Waals surface area contributed by atoms with Gasteiger partial charge in [-0.05, 0) is 30.1 Å². The first kappa shape index (κ1) is 14.5. The fraction of sp³-hybridized carbons (Fsp3) is 0.158. The fourth-order valence-electron chi connectivity index (χ4n) is 2.61. The summed E-state index contributed by atoms with van der Waals surface area (Å²) in [5.41, 5.74) is 3.08. The van der Waals surface area contributed by atoms with Crippen molar-refractivity contribution < 1.29 is 4.39 Å². The molecule has 1 heterocycles. The zero-order chi connectivity index (χ0) is 15.4. The normalized spacial score (nSPS) is 11.8. The molecular formula is C19H19FN2. The molecule has 2 aromatic carbocycles. The smallest absolute Gasteiger partial charge is 0.130 e. The summed E-state index contributed by atoms with van der Waals surface area (Å²) >= 11 is 0. The number of hydrogen-bond donors (Lipinski definition) is 1. The van der Waals surface area contributed by atoms with Crippen LogP contribution >= 0.6 is 0 Å². The molecule has 1 N–H and O–H groups in total. The van der Waals surface area contributed by atoms with Crippen molar-refractivity contribution in [3.05, 3.63) is 77.7 Å². The van der Waals surface area contributed by atoms with E-state index in [4.69, 9.17) is 0 Å². The molecule has 0 atom stereocenters. The topological polar surface area (TPSA) is 19.0 Å². The highest BCUT2D eigenvalue weighted by Gasteiger charge is 2.04. The molecular weight excluding hydrogens is 275 g/mol. The van der Waals surface area contributed by atoms with E-state index in [0.29, 0.717) is 5.56 Å². The Kier molecular flexibility index (Phi) is 4.35. The highest BCUT2D eigenvalue weighted by molar-refractivity contribution is 5.82. The molecule has 3 rings (SSSR count). The average molecular weight is 294 g/mol. The zero-order valence-electron chi connectivity index (χ0n) is 12.6. The van der Waals surface area contributed by atoms with Crippen LogP contribution in [-0.4, -0.2) is 23.5 Å². The molecule has 3 heteroatoms. The van der Waals surface area contributed by atoms with Crippen LogP contribution in [0, 0.1) is 5.82 Å². The minimum atomic E-state index is -0.183. The Morgan fingerprint density at radius 3 is 2.82 bits per heavy atom. The number of benzene rings is 2. The summed E-state index contributed by atoms with van der Waals surface area (Å²) in [5.74, 6) is -0.183. The maximum Gasteiger partial charge on any atom is 0.130 e. The molecule has 0 unspecified atom stereocenters. The molecule has 0 saturated heterocycles. The Hall–Kier alpha value is -2.39. The van der Waals surface area contributed by atoms with Crippen LogP contribution in [0.5, 0.6) is 0 Å². The SMILES string of the molecule is CN(CC=Cc1ccccc1F)Cc1cccc2cc[nH]c12. The molecule has 0 bridgehead atoms. The van der Waals surface area contributed by atoms with Crippen LogP contribution in [0.2, 0.25) is 0 Å². The van der Waals surface area contributed by atoms with Gasteiger partial charge in [-0.2, -0.15) is 0 Å². The number of rotatable bonds is 5. The summed E-state index contributed by atoms with van der Waals surface area (Å²) in [5, 5.41) is 1.23. The van der Waals surface area contributed by atoms with Crippen LogP contribution in [0.1, 0.15) is 11.1 Å². The second-order valence-electron chi connectivity index (χ2n) is 5.48. The minimum Gasteiger partial charge on any atom is -0.361 e. The number of nitrogens with one attached hydrogen (secondary N) is 1. The molecule has 0 aliphatic carbocycles. The standard InChI is InChI=1S/C19H19FN2/c1-22(13-5-9-15-6-2-3-10-18(15)20)14-17-8-4-7-16-11-12-21-19(16)17/h2-12,21H,13-14H2,1H3. The predicted molar refractivity (Wildman–Crippen MR) is 90.1 cm³/mol. The molecule has 3 aromatic rings. The number of H-pyrrole nitrogens is 1. The molecule has 1 aromatic heterocycles. The predicted octanol–water partition coefficient (Wildman–Crippen LogP) is 4.45. The van der Waals surface area contributed by atoms with Gasteiger partial charge in [-0.1, -0.05) is 48.6 Å². The van der Waals surface area contributed by atoms with Gasteiger partial charge in [0.25, 0.3) is 0 Å². The van der Waals surface area contributed by atoms with E-state index in [1.807, 2.05) is 24.4 Å². The van der Waals surface area contributed by atoms with Gasteiger partial charge in [0, 0.05) is 30.4 Å². The van der Waals surface area contributed by atoms with E-state index in [9.17, 15) is 4.39 Å². The first-order valence-corrected chi connectivity index (χ1v) is 7.38. The molecule has 22 heavy (non-hydrogen) atoms. The number of fused-ring (bicyclic) bond motifs is 1. The van der Waals surface area contributed by atoms with Crippen molar-refractivity contribution >= 4 is 17.0 Å². The largest absolute Gasteiger partial charge is 0.361 e. The second kappa shape index (κ2) is 6.58. The van der Waals surface area contributed by atoms with E-state index in [1.54, 1.807) is 12.1 Å². The first-order chi connectivity index (χ1) is 10.7. The van der Waals surface area contributed by atoms with Crippen molar-refractivity contribution in [1.29, 1.82) is 0 Å². The Morgan fingerprint density at radius 1 is 1.09 bits per heavy atom. The van der Waals surface area contributed by atoms with E-state index in [1.165, 1.54) is 22.5 Å². The molecule has 0 fully saturated rings. The Balaban J connectivity index is 1.64. The van der Waals surface area contributed by atoms with Gasteiger partial charge >= 0.3 is 0 Å². The number of aromatic nitrogens is 1. The Labute approximate surface area is 129 Å². The van der Waals surface area contributed by atoms with Gasteiger partial charge in [0.1, 0.15) is 5.82 Å². The molecule has 0 spiro atoms. The van der Waals surface area contributed by atoms with E-state index >= 15 is 0 Å². The minimum absolute atomic E-state index is 0.183. The third-order valence-corrected chi connectivity index (χ3v) is 3.73. The highest BCUT2D eigenvalue weighted by atomic mass is 19.1. The van der Waals surface area contributed by atoms with Crippen LogP contribution in [0.25, 0.3) is 17.0 Å². The van der Waals surface area contributed by atoms with Gasteiger partial charge in [-0.3, -0.25) is 4.90 Å². The summed E-state index contributed by atoms with van der Waals surface area (Å²) in [4.78, 5) is 5.49. The second-order valence-corrected chi connectivity index (χ2v) is 5.48. The molecule has 0 amide bonds. The fourth-order valence-corrected chi connectivity index (χ4v) is 2.61. The van der Waals surface area contributed by atoms with Crippen LogP contribution in [-0.2, 0) is 6.54 Å². The molecule has 112 valence electrons. The molecule has 0 radical (unpaired) electrons. The maximum absolute atomic E-state index is 13.5. The molecule has 0 saturated carbocycles. The van der Waals surface area contributed by atoms with E-state index in [2.05, 4.69) is 41.2 Å². The van der Waals surface area contributed by atoms with Gasteiger partial charge in [-0.15, -0.1) is 0 Å². The summed E-state index contributed by atoms with van der Waals surface area (Å²) in [6, 6.07) is 15.2. The summed E-state index contributed by atoms with van der Waals surface area (Å²) in [7, 11) is 2.06. The van der Waals surface area contributed by atoms with Gasteiger partial charge in [-0.25, -0.2) is 4.39 Å². The van der Waals surface area contributed by atoms with Crippen molar-refractivity contribution in [2.75, 3.05) is 13.6 Å². The summed E-state index contributed by atoms with van der Waals surface area (Å²) in [6.45, 7) is 1.62. The third kappa shape index (κ3) is 3.26. The van der Waals surface area contributed by atoms with Gasteiger partial charge in [0.15, 0.2) is 0 Å². The number of aromatic amines is 1. The molecule has 0 aliphatic heterocycles. The summed E-state index contributed by atoms with van der Waals surface area (Å²) in [6.07, 6.45) is 5.79. The lowest BCUT2D eigenvalue weighted by atomic mass is 10.1. The third-order valence-electron chi connectivity index (χ3n) is 3.73. The van der Waals surface area contributed by atoms with E-state index < -0.39 is 0 Å². The maximum atomic E-state index is 13.5. The highest BCUT2D eigenvalue weighted by Crippen LogP contribution is 2.18. The molecule has 2 nitrogen and oxygen atoms in total. The van der Waals surface area contributed by atoms with Crippen LogP contribution < -0.4 is 0 Å².